The summed E-state index contributed by atoms with van der Waals surface area (Å²) >= 11 is 1.78. The Labute approximate surface area is 97.1 Å². The van der Waals surface area contributed by atoms with Crippen molar-refractivity contribution in [3.63, 3.8) is 0 Å². The summed E-state index contributed by atoms with van der Waals surface area (Å²) in [6.45, 7) is 8.88. The van der Waals surface area contributed by atoms with Crippen LogP contribution in [-0.4, -0.2) is 17.6 Å². The van der Waals surface area contributed by atoms with E-state index in [-0.39, 0.29) is 5.54 Å². The molecule has 0 aromatic carbocycles. The highest BCUT2D eigenvalue weighted by molar-refractivity contribution is 7.09. The second kappa shape index (κ2) is 5.08. The van der Waals surface area contributed by atoms with Crippen molar-refractivity contribution in [1.29, 1.82) is 0 Å². The van der Waals surface area contributed by atoms with Crippen LogP contribution >= 0.6 is 11.3 Å². The molecule has 0 bridgehead atoms. The largest absolute Gasteiger partial charge is 0.314 e. The number of nitrogens with zero attached hydrogens (tertiary/aromatic N) is 1. The molecule has 0 radical (unpaired) electrons. The third-order valence-corrected chi connectivity index (χ3v) is 3.38. The molecular formula is C12H22N2S. The second-order valence-corrected chi connectivity index (χ2v) is 6.08. The molecule has 15 heavy (non-hydrogen) atoms. The molecule has 0 unspecified atom stereocenters. The smallest absolute Gasteiger partial charge is 0.0946 e. The molecule has 0 aliphatic heterocycles. The van der Waals surface area contributed by atoms with Crippen LogP contribution in [0.25, 0.3) is 0 Å². The maximum Gasteiger partial charge on any atom is 0.0946 e. The highest BCUT2D eigenvalue weighted by Gasteiger charge is 2.17. The molecular weight excluding hydrogens is 204 g/mol. The first-order valence-electron chi connectivity index (χ1n) is 5.55. The summed E-state index contributed by atoms with van der Waals surface area (Å²) in [4.78, 5) is 4.66. The minimum absolute atomic E-state index is 0.146. The van der Waals surface area contributed by atoms with E-state index in [4.69, 9.17) is 0 Å². The van der Waals surface area contributed by atoms with Gasteiger partial charge in [-0.25, -0.2) is 4.98 Å². The number of nitrogens with one attached hydrogen (secondary N) is 1. The quantitative estimate of drug-likeness (QED) is 0.835. The van der Waals surface area contributed by atoms with Gasteiger partial charge in [0.2, 0.25) is 0 Å². The van der Waals surface area contributed by atoms with Crippen molar-refractivity contribution in [2.75, 3.05) is 7.05 Å². The molecule has 1 rings (SSSR count). The summed E-state index contributed by atoms with van der Waals surface area (Å²) in [6, 6.07) is 0. The van der Waals surface area contributed by atoms with Gasteiger partial charge < -0.3 is 5.32 Å². The van der Waals surface area contributed by atoms with Crippen molar-refractivity contribution >= 4 is 11.3 Å². The minimum Gasteiger partial charge on any atom is -0.314 e. The Morgan fingerprint density at radius 3 is 2.67 bits per heavy atom. The van der Waals surface area contributed by atoms with Crippen LogP contribution in [0.2, 0.25) is 0 Å². The van der Waals surface area contributed by atoms with Crippen LogP contribution in [0.3, 0.4) is 0 Å². The molecule has 0 amide bonds. The molecule has 1 aromatic rings. The Bertz CT molecular complexity index is 302. The summed E-state index contributed by atoms with van der Waals surface area (Å²) in [5.41, 5.74) is 1.39. The number of hydrogen-bond acceptors (Lipinski definition) is 3. The van der Waals surface area contributed by atoms with E-state index in [1.807, 2.05) is 7.05 Å². The third kappa shape index (κ3) is 4.31. The lowest BCUT2D eigenvalue weighted by Crippen LogP contribution is -2.38. The van der Waals surface area contributed by atoms with Crippen LogP contribution < -0.4 is 5.32 Å². The van der Waals surface area contributed by atoms with Crippen molar-refractivity contribution in [3.8, 4) is 0 Å². The molecule has 0 spiro atoms. The molecule has 86 valence electrons. The Morgan fingerprint density at radius 2 is 2.13 bits per heavy atom. The van der Waals surface area contributed by atoms with Crippen LogP contribution in [0.1, 0.15) is 38.4 Å². The first kappa shape index (κ1) is 12.7. The molecule has 0 saturated carbocycles. The minimum atomic E-state index is 0.146. The van der Waals surface area contributed by atoms with E-state index in [2.05, 4.69) is 43.4 Å². The third-order valence-electron chi connectivity index (χ3n) is 2.49. The SMILES string of the molecule is CNC(C)(C)Cc1nc(CC(C)C)cs1. The van der Waals surface area contributed by atoms with Gasteiger partial charge in [0.05, 0.1) is 10.7 Å². The zero-order valence-corrected chi connectivity index (χ0v) is 11.2. The Morgan fingerprint density at radius 1 is 1.47 bits per heavy atom. The van der Waals surface area contributed by atoms with Crippen LogP contribution in [-0.2, 0) is 12.8 Å². The van der Waals surface area contributed by atoms with Crippen molar-refractivity contribution in [2.24, 2.45) is 5.92 Å². The lowest BCUT2D eigenvalue weighted by Gasteiger charge is -2.22. The maximum atomic E-state index is 4.66. The van der Waals surface area contributed by atoms with Gasteiger partial charge in [-0.1, -0.05) is 13.8 Å². The van der Waals surface area contributed by atoms with Crippen molar-refractivity contribution in [3.05, 3.63) is 16.1 Å². The van der Waals surface area contributed by atoms with E-state index in [1.165, 1.54) is 10.7 Å². The van der Waals surface area contributed by atoms with Crippen molar-refractivity contribution in [1.82, 2.24) is 10.3 Å². The predicted octanol–water partition coefficient (Wildman–Crippen LogP) is 2.88. The monoisotopic (exact) mass is 226 g/mol. The Balaban J connectivity index is 2.60. The van der Waals surface area contributed by atoms with Gasteiger partial charge >= 0.3 is 0 Å². The summed E-state index contributed by atoms with van der Waals surface area (Å²) in [5.74, 6) is 0.692. The van der Waals surface area contributed by atoms with Gasteiger partial charge in [-0.05, 0) is 33.2 Å². The number of rotatable bonds is 5. The standard InChI is InChI=1S/C12H22N2S/c1-9(2)6-10-8-15-11(14-10)7-12(3,4)13-5/h8-9,13H,6-7H2,1-5H3. The van der Waals surface area contributed by atoms with E-state index in [0.29, 0.717) is 5.92 Å². The van der Waals surface area contributed by atoms with Crippen LogP contribution in [0.5, 0.6) is 0 Å². The summed E-state index contributed by atoms with van der Waals surface area (Å²) in [7, 11) is 2.00. The molecule has 0 aliphatic rings. The Kier molecular flexibility index (Phi) is 4.29. The van der Waals surface area contributed by atoms with Gasteiger partial charge in [0.15, 0.2) is 0 Å². The van der Waals surface area contributed by atoms with Crippen LogP contribution in [0, 0.1) is 5.92 Å². The first-order valence-corrected chi connectivity index (χ1v) is 6.43. The first-order chi connectivity index (χ1) is 6.93. The van der Waals surface area contributed by atoms with E-state index in [0.717, 1.165) is 12.8 Å². The molecule has 3 heteroatoms. The molecule has 0 atom stereocenters. The predicted molar refractivity (Wildman–Crippen MR) is 67.5 cm³/mol. The van der Waals surface area contributed by atoms with Gasteiger partial charge in [-0.3, -0.25) is 0 Å². The lowest BCUT2D eigenvalue weighted by atomic mass is 10.0. The number of thiazole rings is 1. The average Bonchev–Trinajstić information content (AvgIpc) is 2.50. The van der Waals surface area contributed by atoms with Gasteiger partial charge in [0.1, 0.15) is 0 Å². The van der Waals surface area contributed by atoms with Gasteiger partial charge in [-0.2, -0.15) is 0 Å². The molecule has 0 saturated heterocycles. The molecule has 0 aliphatic carbocycles. The lowest BCUT2D eigenvalue weighted by molar-refractivity contribution is 0.421. The summed E-state index contributed by atoms with van der Waals surface area (Å²) < 4.78 is 0. The molecule has 2 nitrogen and oxygen atoms in total. The molecule has 1 N–H and O–H groups in total. The Hall–Kier alpha value is -0.410. The molecule has 1 heterocycles. The fourth-order valence-electron chi connectivity index (χ4n) is 1.41. The van der Waals surface area contributed by atoms with Gasteiger partial charge in [0.25, 0.3) is 0 Å². The number of likely N-dealkylation sites (N-methyl/N-ethyl adjacent to an activating group) is 1. The van der Waals surface area contributed by atoms with Crippen molar-refractivity contribution in [2.45, 2.75) is 46.1 Å². The van der Waals surface area contributed by atoms with E-state index < -0.39 is 0 Å². The zero-order valence-electron chi connectivity index (χ0n) is 10.4. The highest BCUT2D eigenvalue weighted by atomic mass is 32.1. The van der Waals surface area contributed by atoms with Crippen LogP contribution in [0.15, 0.2) is 5.38 Å². The number of hydrogen-bond donors (Lipinski definition) is 1. The molecule has 1 aromatic heterocycles. The van der Waals surface area contributed by atoms with E-state index in [9.17, 15) is 0 Å². The van der Waals surface area contributed by atoms with Gasteiger partial charge in [0, 0.05) is 17.3 Å². The summed E-state index contributed by atoms with van der Waals surface area (Å²) in [6.07, 6.45) is 2.10. The second-order valence-electron chi connectivity index (χ2n) is 5.14. The summed E-state index contributed by atoms with van der Waals surface area (Å²) in [5, 5.41) is 6.74. The average molecular weight is 226 g/mol. The van der Waals surface area contributed by atoms with E-state index >= 15 is 0 Å². The topological polar surface area (TPSA) is 24.9 Å². The molecule has 0 fully saturated rings. The zero-order chi connectivity index (χ0) is 11.5. The van der Waals surface area contributed by atoms with Crippen molar-refractivity contribution < 1.29 is 0 Å². The maximum absolute atomic E-state index is 4.66. The fourth-order valence-corrected chi connectivity index (χ4v) is 2.44. The highest BCUT2D eigenvalue weighted by Crippen LogP contribution is 2.18. The van der Waals surface area contributed by atoms with Gasteiger partial charge in [-0.15, -0.1) is 11.3 Å². The fraction of sp³-hybridized carbons (Fsp3) is 0.750. The normalized spacial score (nSPS) is 12.4. The number of aromatic nitrogens is 1. The van der Waals surface area contributed by atoms with Crippen LogP contribution in [0.4, 0.5) is 0 Å². The van der Waals surface area contributed by atoms with E-state index in [1.54, 1.807) is 11.3 Å².